The summed E-state index contributed by atoms with van der Waals surface area (Å²) in [6.07, 6.45) is 5.22. The third kappa shape index (κ3) is 5.79. The van der Waals surface area contributed by atoms with E-state index >= 15 is 0 Å². The van der Waals surface area contributed by atoms with Crippen LogP contribution in [-0.4, -0.2) is 30.9 Å². The Morgan fingerprint density at radius 3 is 1.55 bits per heavy atom. The lowest BCUT2D eigenvalue weighted by Gasteiger charge is -2.12. The Kier molecular flexibility index (Phi) is 6.89. The molecule has 0 amide bonds. The van der Waals surface area contributed by atoms with Crippen LogP contribution in [-0.2, 0) is 20.2 Å². The van der Waals surface area contributed by atoms with Gasteiger partial charge in [0.25, 0.3) is 25.9 Å². The molecule has 0 saturated carbocycles. The molecule has 0 saturated heterocycles. The predicted molar refractivity (Wildman–Crippen MR) is 123 cm³/mol. The Bertz CT molecular complexity index is 1460. The Morgan fingerprint density at radius 1 is 0.697 bits per heavy atom. The van der Waals surface area contributed by atoms with Crippen molar-refractivity contribution < 1.29 is 30.9 Å². The minimum Gasteiger partial charge on any atom is -0.282 e. The van der Waals surface area contributed by atoms with E-state index in [1.807, 2.05) is 0 Å². The monoisotopic (exact) mass is 487 g/mol. The third-order valence-corrected chi connectivity index (χ3v) is 6.48. The number of benzene rings is 3. The normalized spacial score (nSPS) is 12.4. The third-order valence-electron chi connectivity index (χ3n) is 4.52. The molecule has 0 fully saturated rings. The van der Waals surface area contributed by atoms with E-state index in [4.69, 9.17) is 0 Å². The highest BCUT2D eigenvalue weighted by molar-refractivity contribution is 7.89. The molecule has 170 valence electrons. The van der Waals surface area contributed by atoms with Gasteiger partial charge in [-0.1, -0.05) is 78.9 Å². The number of hydrogen-bond donors (Lipinski definition) is 2. The van der Waals surface area contributed by atoms with Crippen molar-refractivity contribution in [1.82, 2.24) is 0 Å². The highest BCUT2D eigenvalue weighted by atomic mass is 32.2. The first-order valence-electron chi connectivity index (χ1n) is 9.25. The maximum atomic E-state index is 12.2. The fraction of sp³-hybridized carbons (Fsp3) is 0. The van der Waals surface area contributed by atoms with Crippen LogP contribution in [0.2, 0.25) is 0 Å². The number of nitro groups is 1. The van der Waals surface area contributed by atoms with Gasteiger partial charge >= 0.3 is 0 Å². The summed E-state index contributed by atoms with van der Waals surface area (Å²) in [6.45, 7) is 0. The minimum atomic E-state index is -5.26. The van der Waals surface area contributed by atoms with Gasteiger partial charge in [0.1, 0.15) is 9.79 Å². The molecule has 0 aliphatic heterocycles. The van der Waals surface area contributed by atoms with Crippen LogP contribution in [0.4, 0.5) is 5.69 Å². The second-order valence-corrected chi connectivity index (χ2v) is 9.49. The van der Waals surface area contributed by atoms with Crippen LogP contribution in [0.5, 0.6) is 0 Å². The molecule has 0 radical (unpaired) electrons. The first kappa shape index (κ1) is 24.0. The lowest BCUT2D eigenvalue weighted by molar-refractivity contribution is -0.385. The van der Waals surface area contributed by atoms with Crippen LogP contribution < -0.4 is 0 Å². The number of nitro benzene ring substituents is 1. The van der Waals surface area contributed by atoms with E-state index in [2.05, 4.69) is 0 Å². The van der Waals surface area contributed by atoms with Gasteiger partial charge in [0, 0.05) is 11.6 Å². The van der Waals surface area contributed by atoms with Gasteiger partial charge < -0.3 is 0 Å². The van der Waals surface area contributed by atoms with Gasteiger partial charge in [-0.3, -0.25) is 19.2 Å². The summed E-state index contributed by atoms with van der Waals surface area (Å²) in [7, 11) is -10.5. The van der Waals surface area contributed by atoms with Crippen LogP contribution in [0.25, 0.3) is 24.3 Å². The number of rotatable bonds is 7. The molecule has 3 rings (SSSR count). The fourth-order valence-corrected chi connectivity index (χ4v) is 5.10. The first-order chi connectivity index (χ1) is 15.5. The van der Waals surface area contributed by atoms with Crippen molar-refractivity contribution in [3.05, 3.63) is 99.1 Å². The van der Waals surface area contributed by atoms with Crippen molar-refractivity contribution in [3.63, 3.8) is 0 Å². The van der Waals surface area contributed by atoms with Crippen molar-refractivity contribution in [2.24, 2.45) is 0 Å². The van der Waals surface area contributed by atoms with Crippen molar-refractivity contribution in [3.8, 4) is 0 Å². The average Bonchev–Trinajstić information content (AvgIpc) is 2.75. The van der Waals surface area contributed by atoms with E-state index < -0.39 is 46.2 Å². The second-order valence-electron chi connectivity index (χ2n) is 6.75. The molecule has 0 spiro atoms. The maximum Gasteiger partial charge on any atom is 0.296 e. The largest absolute Gasteiger partial charge is 0.296 e. The SMILES string of the molecule is O=[N+]([O-])c1cc(S(=O)(=O)O)c(S(=O)(=O)O)c(C=Cc2ccccc2)c1C=Cc1ccccc1. The smallest absolute Gasteiger partial charge is 0.282 e. The van der Waals surface area contributed by atoms with Crippen molar-refractivity contribution >= 4 is 50.2 Å². The summed E-state index contributed by atoms with van der Waals surface area (Å²) >= 11 is 0. The van der Waals surface area contributed by atoms with E-state index in [1.165, 1.54) is 18.2 Å². The molecule has 3 aromatic rings. The van der Waals surface area contributed by atoms with Gasteiger partial charge in [-0.2, -0.15) is 16.8 Å². The van der Waals surface area contributed by atoms with Crippen LogP contribution >= 0.6 is 0 Å². The molecule has 0 aliphatic carbocycles. The van der Waals surface area contributed by atoms with Crippen molar-refractivity contribution in [2.75, 3.05) is 0 Å². The molecule has 0 unspecified atom stereocenters. The highest BCUT2D eigenvalue weighted by Crippen LogP contribution is 2.37. The predicted octanol–water partition coefficient (Wildman–Crippen LogP) is 4.43. The van der Waals surface area contributed by atoms with Gasteiger partial charge in [0.15, 0.2) is 0 Å². The second kappa shape index (κ2) is 9.46. The van der Waals surface area contributed by atoms with Crippen LogP contribution in [0, 0.1) is 10.1 Å². The molecular weight excluding hydrogens is 470 g/mol. The van der Waals surface area contributed by atoms with Crippen LogP contribution in [0.3, 0.4) is 0 Å². The molecule has 0 aromatic heterocycles. The van der Waals surface area contributed by atoms with Gasteiger partial charge in [-0.15, -0.1) is 0 Å². The van der Waals surface area contributed by atoms with E-state index in [-0.39, 0.29) is 5.56 Å². The summed E-state index contributed by atoms with van der Waals surface area (Å²) in [5, 5.41) is 11.8. The molecule has 11 heteroatoms. The molecular formula is C22H17NO8S2. The minimum absolute atomic E-state index is 0.281. The Hall–Kier alpha value is -3.64. The number of hydrogen-bond acceptors (Lipinski definition) is 6. The van der Waals surface area contributed by atoms with Crippen LogP contribution in [0.15, 0.2) is 76.5 Å². The van der Waals surface area contributed by atoms with Crippen molar-refractivity contribution in [2.45, 2.75) is 9.79 Å². The lowest BCUT2D eigenvalue weighted by atomic mass is 10.0. The fourth-order valence-electron chi connectivity index (χ4n) is 3.10. The summed E-state index contributed by atoms with van der Waals surface area (Å²) in [5.74, 6) is 0. The average molecular weight is 488 g/mol. The summed E-state index contributed by atoms with van der Waals surface area (Å²) < 4.78 is 67.6. The zero-order valence-corrected chi connectivity index (χ0v) is 18.4. The van der Waals surface area contributed by atoms with Gasteiger partial charge in [0.2, 0.25) is 0 Å². The zero-order chi connectivity index (χ0) is 24.2. The first-order valence-corrected chi connectivity index (χ1v) is 12.1. The zero-order valence-electron chi connectivity index (χ0n) is 16.8. The highest BCUT2D eigenvalue weighted by Gasteiger charge is 2.33. The summed E-state index contributed by atoms with van der Waals surface area (Å²) in [4.78, 5) is 8.37. The van der Waals surface area contributed by atoms with Crippen LogP contribution in [0.1, 0.15) is 22.3 Å². The van der Waals surface area contributed by atoms with E-state index in [9.17, 15) is 36.1 Å². The lowest BCUT2D eigenvalue weighted by Crippen LogP contribution is -2.13. The molecule has 0 atom stereocenters. The molecule has 2 N–H and O–H groups in total. The van der Waals surface area contributed by atoms with Gasteiger partial charge in [-0.25, -0.2) is 0 Å². The number of nitrogens with zero attached hydrogens (tertiary/aromatic N) is 1. The maximum absolute atomic E-state index is 12.2. The molecule has 0 aliphatic rings. The molecule has 33 heavy (non-hydrogen) atoms. The molecule has 9 nitrogen and oxygen atoms in total. The molecule has 0 bridgehead atoms. The Morgan fingerprint density at radius 2 is 1.15 bits per heavy atom. The summed E-state index contributed by atoms with van der Waals surface area (Å²) in [5.41, 5.74) is -0.352. The van der Waals surface area contributed by atoms with Gasteiger partial charge in [-0.05, 0) is 17.2 Å². The standard InChI is InChI=1S/C22H17NO8S2/c24-23(25)20-15-21(32(26,27)28)22(33(29,30)31)19(14-12-17-9-5-2-6-10-17)18(20)13-11-16-7-3-1-4-8-16/h1-15H,(H,26,27,28)(H,29,30,31). The quantitative estimate of drug-likeness (QED) is 0.215. The van der Waals surface area contributed by atoms with E-state index in [1.54, 1.807) is 60.7 Å². The van der Waals surface area contributed by atoms with Gasteiger partial charge in [0.05, 0.1) is 10.5 Å². The molecule has 0 heterocycles. The van der Waals surface area contributed by atoms with E-state index in [0.29, 0.717) is 17.2 Å². The Labute approximate surface area is 190 Å². The topological polar surface area (TPSA) is 152 Å². The van der Waals surface area contributed by atoms with E-state index in [0.717, 1.165) is 6.08 Å². The van der Waals surface area contributed by atoms with Crippen molar-refractivity contribution in [1.29, 1.82) is 0 Å². The Balaban J connectivity index is 2.44. The summed E-state index contributed by atoms with van der Waals surface area (Å²) in [6, 6.07) is 17.4. The molecule has 3 aromatic carbocycles.